The Morgan fingerprint density at radius 1 is 0.351 bits per heavy atom. The highest BCUT2D eigenvalue weighted by Gasteiger charge is 2.22. The Morgan fingerprint density at radius 3 is 1.05 bits per heavy atom. The van der Waals surface area contributed by atoms with Gasteiger partial charge in [0.05, 0.1) is 5.69 Å². The van der Waals surface area contributed by atoms with Crippen molar-refractivity contribution in [3.05, 3.63) is 208 Å². The maximum Gasteiger partial charge on any atom is 0.163 e. The van der Waals surface area contributed by atoms with E-state index in [4.69, 9.17) is 10.1 Å². The molecule has 0 aliphatic heterocycles. The SMILES string of the molecule is CCCc1ccc(-c2cc(-c3ccc(CCC)cc3)cc(-n3nc(CCC)nc3-c3ccc(-c4c(C)c(C)c(-c5cc(-c6ccc(C(C)(C)C)cc6)cc(-c6ccc(C(C)(C)C)cc6)c5)c(C)c4C)cc3)c2)cc1. The molecule has 0 saturated carbocycles. The van der Waals surface area contributed by atoms with Gasteiger partial charge >= 0.3 is 0 Å². The van der Waals surface area contributed by atoms with E-state index in [0.717, 1.165) is 61.4 Å². The lowest BCUT2D eigenvalue weighted by molar-refractivity contribution is 0.590. The van der Waals surface area contributed by atoms with Gasteiger partial charge in [-0.3, -0.25) is 0 Å². The molecule has 1 aromatic heterocycles. The lowest BCUT2D eigenvalue weighted by Crippen LogP contribution is -2.10. The van der Waals surface area contributed by atoms with Crippen LogP contribution in [0.15, 0.2) is 158 Å². The van der Waals surface area contributed by atoms with E-state index in [1.54, 1.807) is 0 Å². The summed E-state index contributed by atoms with van der Waals surface area (Å²) in [5.41, 5.74) is 27.6. The van der Waals surface area contributed by atoms with Gasteiger partial charge in [-0.05, 0) is 205 Å². The predicted molar refractivity (Wildman–Crippen MR) is 318 cm³/mol. The van der Waals surface area contributed by atoms with Crippen molar-refractivity contribution in [3.8, 4) is 83.8 Å². The highest BCUT2D eigenvalue weighted by Crippen LogP contribution is 2.43. The van der Waals surface area contributed by atoms with Crippen LogP contribution in [0.3, 0.4) is 0 Å². The number of hydrogen-bond donors (Lipinski definition) is 0. The number of aryl methyl sites for hydroxylation is 3. The van der Waals surface area contributed by atoms with Crippen molar-refractivity contribution >= 4 is 0 Å². The molecule has 0 atom stereocenters. The Labute approximate surface area is 443 Å². The van der Waals surface area contributed by atoms with E-state index in [9.17, 15) is 0 Å². The molecule has 0 saturated heterocycles. The van der Waals surface area contributed by atoms with Gasteiger partial charge in [0.2, 0.25) is 0 Å². The van der Waals surface area contributed by atoms with Crippen LogP contribution in [-0.2, 0) is 30.1 Å². The molecule has 376 valence electrons. The molecule has 0 unspecified atom stereocenters. The predicted octanol–water partition coefficient (Wildman–Crippen LogP) is 19.6. The number of benzene rings is 8. The smallest absolute Gasteiger partial charge is 0.163 e. The van der Waals surface area contributed by atoms with Crippen molar-refractivity contribution in [2.45, 2.75) is 139 Å². The van der Waals surface area contributed by atoms with Crippen LogP contribution in [0.2, 0.25) is 0 Å². The first-order valence-electron chi connectivity index (χ1n) is 27.3. The van der Waals surface area contributed by atoms with Crippen LogP contribution in [0.5, 0.6) is 0 Å². The highest BCUT2D eigenvalue weighted by molar-refractivity contribution is 5.88. The van der Waals surface area contributed by atoms with E-state index >= 15 is 0 Å². The molecule has 0 aliphatic rings. The molecule has 9 aromatic rings. The van der Waals surface area contributed by atoms with Gasteiger partial charge in [-0.2, -0.15) is 5.10 Å². The standard InChI is InChI=1S/C71H77N3/c1-14-17-50-20-24-52(25-21-50)60-41-61(53-26-22-51(18-15-2)23-27-53)45-65(44-60)74-69(72-66(73-74)19-16-3)57-30-28-56(29-31-57)67-46(4)48(6)68(49(7)47(67)5)62-42-58(54-32-36-63(37-33-54)70(8,9)10)40-59(43-62)55-34-38-64(39-35-55)71(11,12)13/h20-45H,14-19H2,1-13H3. The van der Waals surface area contributed by atoms with Gasteiger partial charge in [-0.1, -0.05) is 196 Å². The van der Waals surface area contributed by atoms with Gasteiger partial charge in [-0.15, -0.1) is 0 Å². The molecule has 0 aliphatic carbocycles. The van der Waals surface area contributed by atoms with Crippen molar-refractivity contribution in [3.63, 3.8) is 0 Å². The average Bonchev–Trinajstić information content (AvgIpc) is 3.83. The van der Waals surface area contributed by atoms with E-state index in [2.05, 4.69) is 252 Å². The zero-order valence-corrected chi connectivity index (χ0v) is 46.6. The van der Waals surface area contributed by atoms with Crippen molar-refractivity contribution in [2.75, 3.05) is 0 Å². The van der Waals surface area contributed by atoms with Crippen LogP contribution in [-0.4, -0.2) is 14.8 Å². The third-order valence-corrected chi connectivity index (χ3v) is 15.4. The lowest BCUT2D eigenvalue weighted by Gasteiger charge is -2.23. The molecule has 0 N–H and O–H groups in total. The Balaban J connectivity index is 1.12. The summed E-state index contributed by atoms with van der Waals surface area (Å²) in [4.78, 5) is 5.27. The first-order chi connectivity index (χ1) is 35.4. The molecule has 1 heterocycles. The average molecular weight is 972 g/mol. The van der Waals surface area contributed by atoms with Crippen molar-refractivity contribution in [2.24, 2.45) is 0 Å². The van der Waals surface area contributed by atoms with Crippen LogP contribution in [0, 0.1) is 27.7 Å². The maximum atomic E-state index is 5.27. The van der Waals surface area contributed by atoms with Crippen LogP contribution < -0.4 is 0 Å². The fourth-order valence-corrected chi connectivity index (χ4v) is 10.8. The fourth-order valence-electron chi connectivity index (χ4n) is 10.8. The molecule has 9 rings (SSSR count). The zero-order valence-electron chi connectivity index (χ0n) is 46.6. The molecule has 3 nitrogen and oxygen atoms in total. The third-order valence-electron chi connectivity index (χ3n) is 15.4. The third kappa shape index (κ3) is 10.9. The summed E-state index contributed by atoms with van der Waals surface area (Å²) in [5, 5.41) is 5.25. The first-order valence-corrected chi connectivity index (χ1v) is 27.3. The topological polar surface area (TPSA) is 30.7 Å². The zero-order chi connectivity index (χ0) is 52.5. The first kappa shape index (κ1) is 51.8. The van der Waals surface area contributed by atoms with Gasteiger partial charge in [0.1, 0.15) is 0 Å². The van der Waals surface area contributed by atoms with Gasteiger partial charge in [-0.25, -0.2) is 9.67 Å². The minimum atomic E-state index is 0.0869. The van der Waals surface area contributed by atoms with Crippen LogP contribution >= 0.6 is 0 Å². The molecule has 0 fully saturated rings. The molecule has 3 heteroatoms. The van der Waals surface area contributed by atoms with E-state index in [0.29, 0.717) is 0 Å². The summed E-state index contributed by atoms with van der Waals surface area (Å²) in [5.74, 6) is 1.71. The quantitative estimate of drug-likeness (QED) is 0.109. The van der Waals surface area contributed by atoms with Crippen LogP contribution in [0.1, 0.15) is 132 Å². The normalized spacial score (nSPS) is 11.9. The van der Waals surface area contributed by atoms with Gasteiger partial charge < -0.3 is 0 Å². The van der Waals surface area contributed by atoms with Crippen LogP contribution in [0.25, 0.3) is 83.8 Å². The van der Waals surface area contributed by atoms with Crippen molar-refractivity contribution in [1.82, 2.24) is 14.8 Å². The number of hydrogen-bond acceptors (Lipinski definition) is 2. The molecular formula is C71H77N3. The summed E-state index contributed by atoms with van der Waals surface area (Å²) in [6.07, 6.45) is 6.20. The second kappa shape index (κ2) is 21.4. The Bertz CT molecular complexity index is 3230. The van der Waals surface area contributed by atoms with E-state index in [-0.39, 0.29) is 10.8 Å². The summed E-state index contributed by atoms with van der Waals surface area (Å²) < 4.78 is 2.09. The summed E-state index contributed by atoms with van der Waals surface area (Å²) in [7, 11) is 0. The second-order valence-electron chi connectivity index (χ2n) is 23.0. The number of rotatable bonds is 14. The molecule has 74 heavy (non-hydrogen) atoms. The van der Waals surface area contributed by atoms with Gasteiger partial charge in [0.15, 0.2) is 11.6 Å². The molecule has 0 bridgehead atoms. The van der Waals surface area contributed by atoms with Crippen LogP contribution in [0.4, 0.5) is 0 Å². The molecule has 0 amide bonds. The fraction of sp³-hybridized carbons (Fsp3) is 0.296. The number of aromatic nitrogens is 3. The van der Waals surface area contributed by atoms with E-state index < -0.39 is 0 Å². The van der Waals surface area contributed by atoms with Gasteiger partial charge in [0, 0.05) is 12.0 Å². The lowest BCUT2D eigenvalue weighted by atomic mass is 9.81. The summed E-state index contributed by atoms with van der Waals surface area (Å²) in [6.45, 7) is 29.6. The molecule has 8 aromatic carbocycles. The van der Waals surface area contributed by atoms with E-state index in [1.807, 2.05) is 0 Å². The number of nitrogens with zero attached hydrogens (tertiary/aromatic N) is 3. The van der Waals surface area contributed by atoms with Crippen molar-refractivity contribution < 1.29 is 0 Å². The molecular weight excluding hydrogens is 895 g/mol. The molecule has 0 spiro atoms. The summed E-state index contributed by atoms with van der Waals surface area (Å²) in [6, 6.07) is 59.8. The second-order valence-corrected chi connectivity index (χ2v) is 23.0. The minimum absolute atomic E-state index is 0.0869. The molecule has 0 radical (unpaired) electrons. The highest BCUT2D eigenvalue weighted by atomic mass is 15.4. The Hall–Kier alpha value is -7.10. The maximum absolute atomic E-state index is 5.27. The van der Waals surface area contributed by atoms with Gasteiger partial charge in [0.25, 0.3) is 0 Å². The summed E-state index contributed by atoms with van der Waals surface area (Å²) >= 11 is 0. The largest absolute Gasteiger partial charge is 0.213 e. The Kier molecular flexibility index (Phi) is 15.0. The Morgan fingerprint density at radius 2 is 0.676 bits per heavy atom. The monoisotopic (exact) mass is 972 g/mol. The van der Waals surface area contributed by atoms with E-state index in [1.165, 1.54) is 111 Å². The van der Waals surface area contributed by atoms with Crippen molar-refractivity contribution in [1.29, 1.82) is 0 Å². The minimum Gasteiger partial charge on any atom is -0.213 e.